The van der Waals surface area contributed by atoms with Gasteiger partial charge in [0, 0.05) is 24.8 Å². The van der Waals surface area contributed by atoms with Crippen LogP contribution in [0.5, 0.6) is 11.5 Å². The number of fused-ring (bicyclic) bond motifs is 1. The van der Waals surface area contributed by atoms with E-state index in [4.69, 9.17) is 9.47 Å². The summed E-state index contributed by atoms with van der Waals surface area (Å²) in [5.41, 5.74) is 2.92. The number of rotatable bonds is 8. The molecule has 0 saturated carbocycles. The standard InChI is InChI=1S/C23H23N3O3/c27-23(25-11-4-7-17-5-2-1-3-6-17)19-10-12-24-22(14-19)26-15-18-8-9-20-21(13-18)29-16-28-20/h1-3,5-6,8-10,12-14H,4,7,11,15-16H2,(H,24,26)(H,25,27). The number of pyridine rings is 1. The van der Waals surface area contributed by atoms with E-state index in [0.717, 1.165) is 29.9 Å². The summed E-state index contributed by atoms with van der Waals surface area (Å²) in [5.74, 6) is 2.07. The molecule has 0 fully saturated rings. The molecular formula is C23H23N3O3. The van der Waals surface area contributed by atoms with Gasteiger partial charge in [-0.05, 0) is 48.2 Å². The SMILES string of the molecule is O=C(NCCCc1ccccc1)c1ccnc(NCc2ccc3c(c2)OCO3)c1. The molecule has 2 heterocycles. The summed E-state index contributed by atoms with van der Waals surface area (Å²) in [4.78, 5) is 16.7. The minimum Gasteiger partial charge on any atom is -0.454 e. The third-order valence-corrected chi connectivity index (χ3v) is 4.70. The molecular weight excluding hydrogens is 366 g/mol. The van der Waals surface area contributed by atoms with Crippen LogP contribution in [0.1, 0.15) is 27.9 Å². The van der Waals surface area contributed by atoms with Crippen LogP contribution < -0.4 is 20.1 Å². The predicted octanol–water partition coefficient (Wildman–Crippen LogP) is 3.79. The van der Waals surface area contributed by atoms with Gasteiger partial charge in [0.25, 0.3) is 5.91 Å². The van der Waals surface area contributed by atoms with Gasteiger partial charge in [0.2, 0.25) is 6.79 Å². The second kappa shape index (κ2) is 9.10. The Balaban J connectivity index is 1.27. The van der Waals surface area contributed by atoms with Gasteiger partial charge in [0.05, 0.1) is 0 Å². The molecule has 0 unspecified atom stereocenters. The molecule has 6 nitrogen and oxygen atoms in total. The molecule has 29 heavy (non-hydrogen) atoms. The Labute approximate surface area is 169 Å². The monoisotopic (exact) mass is 389 g/mol. The summed E-state index contributed by atoms with van der Waals surface area (Å²) in [6.45, 7) is 1.47. The lowest BCUT2D eigenvalue weighted by molar-refractivity contribution is 0.0953. The lowest BCUT2D eigenvalue weighted by atomic mass is 10.1. The third kappa shape index (κ3) is 5.04. The van der Waals surface area contributed by atoms with Crippen molar-refractivity contribution in [3.63, 3.8) is 0 Å². The normalized spacial score (nSPS) is 11.9. The van der Waals surface area contributed by atoms with E-state index >= 15 is 0 Å². The number of nitrogens with zero attached hydrogens (tertiary/aromatic N) is 1. The zero-order chi connectivity index (χ0) is 19.9. The molecule has 0 spiro atoms. The van der Waals surface area contributed by atoms with Gasteiger partial charge in [-0.25, -0.2) is 4.98 Å². The zero-order valence-corrected chi connectivity index (χ0v) is 16.1. The Morgan fingerprint density at radius 1 is 0.966 bits per heavy atom. The Kier molecular flexibility index (Phi) is 5.90. The quantitative estimate of drug-likeness (QED) is 0.574. The summed E-state index contributed by atoms with van der Waals surface area (Å²) in [6.07, 6.45) is 3.48. The number of hydrogen-bond acceptors (Lipinski definition) is 5. The molecule has 2 aromatic carbocycles. The van der Waals surface area contributed by atoms with E-state index < -0.39 is 0 Å². The highest BCUT2D eigenvalue weighted by Gasteiger charge is 2.13. The summed E-state index contributed by atoms with van der Waals surface area (Å²) < 4.78 is 10.7. The van der Waals surface area contributed by atoms with Crippen LogP contribution in [0.15, 0.2) is 66.9 Å². The number of aromatic nitrogens is 1. The van der Waals surface area contributed by atoms with Gasteiger partial charge < -0.3 is 20.1 Å². The fraction of sp³-hybridized carbons (Fsp3) is 0.217. The van der Waals surface area contributed by atoms with E-state index in [0.29, 0.717) is 24.5 Å². The van der Waals surface area contributed by atoms with E-state index in [9.17, 15) is 4.79 Å². The summed E-state index contributed by atoms with van der Waals surface area (Å²) in [5, 5.41) is 6.22. The number of benzene rings is 2. The lowest BCUT2D eigenvalue weighted by Crippen LogP contribution is -2.25. The number of anilines is 1. The van der Waals surface area contributed by atoms with Gasteiger partial charge in [-0.1, -0.05) is 36.4 Å². The van der Waals surface area contributed by atoms with Crippen molar-refractivity contribution in [3.8, 4) is 11.5 Å². The fourth-order valence-electron chi connectivity index (χ4n) is 3.15. The molecule has 1 aliphatic heterocycles. The minimum atomic E-state index is -0.0911. The Morgan fingerprint density at radius 2 is 1.83 bits per heavy atom. The molecule has 0 aliphatic carbocycles. The number of aryl methyl sites for hydroxylation is 1. The smallest absolute Gasteiger partial charge is 0.251 e. The second-order valence-corrected chi connectivity index (χ2v) is 6.82. The molecule has 4 rings (SSSR count). The Hall–Kier alpha value is -3.54. The fourth-order valence-corrected chi connectivity index (χ4v) is 3.15. The van der Waals surface area contributed by atoms with Crippen LogP contribution in [-0.2, 0) is 13.0 Å². The lowest BCUT2D eigenvalue weighted by Gasteiger charge is -2.09. The molecule has 1 amide bonds. The molecule has 0 bridgehead atoms. The average molecular weight is 389 g/mol. The van der Waals surface area contributed by atoms with E-state index in [1.165, 1.54) is 5.56 Å². The van der Waals surface area contributed by atoms with Crippen LogP contribution in [0.25, 0.3) is 0 Å². The van der Waals surface area contributed by atoms with Crippen molar-refractivity contribution in [2.45, 2.75) is 19.4 Å². The highest BCUT2D eigenvalue weighted by Crippen LogP contribution is 2.32. The maximum Gasteiger partial charge on any atom is 0.251 e. The maximum absolute atomic E-state index is 12.4. The van der Waals surface area contributed by atoms with Crippen LogP contribution in [0.4, 0.5) is 5.82 Å². The first-order valence-corrected chi connectivity index (χ1v) is 9.68. The Bertz CT molecular complexity index is 976. The molecule has 2 N–H and O–H groups in total. The van der Waals surface area contributed by atoms with Gasteiger partial charge in [-0.15, -0.1) is 0 Å². The van der Waals surface area contributed by atoms with Crippen molar-refractivity contribution in [3.05, 3.63) is 83.6 Å². The van der Waals surface area contributed by atoms with Crippen molar-refractivity contribution in [1.82, 2.24) is 10.3 Å². The van der Waals surface area contributed by atoms with E-state index in [-0.39, 0.29) is 12.7 Å². The number of ether oxygens (including phenoxy) is 2. The summed E-state index contributed by atoms with van der Waals surface area (Å²) >= 11 is 0. The van der Waals surface area contributed by atoms with E-state index in [1.54, 1.807) is 18.3 Å². The summed E-state index contributed by atoms with van der Waals surface area (Å²) in [7, 11) is 0. The van der Waals surface area contributed by atoms with E-state index in [1.807, 2.05) is 36.4 Å². The Morgan fingerprint density at radius 3 is 2.72 bits per heavy atom. The number of amides is 1. The first kappa shape index (κ1) is 18.8. The molecule has 1 aliphatic rings. The largest absolute Gasteiger partial charge is 0.454 e. The van der Waals surface area contributed by atoms with Gasteiger partial charge >= 0.3 is 0 Å². The van der Waals surface area contributed by atoms with Crippen molar-refractivity contribution in [2.24, 2.45) is 0 Å². The highest BCUT2D eigenvalue weighted by molar-refractivity contribution is 5.94. The molecule has 148 valence electrons. The average Bonchev–Trinajstić information content (AvgIpc) is 3.24. The van der Waals surface area contributed by atoms with Gasteiger partial charge in [-0.3, -0.25) is 4.79 Å². The van der Waals surface area contributed by atoms with Crippen LogP contribution in [-0.4, -0.2) is 24.2 Å². The molecule has 3 aromatic rings. The van der Waals surface area contributed by atoms with Crippen molar-refractivity contribution in [2.75, 3.05) is 18.7 Å². The maximum atomic E-state index is 12.4. The number of carbonyl (C=O) groups is 1. The van der Waals surface area contributed by atoms with Crippen LogP contribution >= 0.6 is 0 Å². The van der Waals surface area contributed by atoms with Crippen LogP contribution in [0, 0.1) is 0 Å². The molecule has 0 saturated heterocycles. The van der Waals surface area contributed by atoms with Crippen molar-refractivity contribution in [1.29, 1.82) is 0 Å². The van der Waals surface area contributed by atoms with E-state index in [2.05, 4.69) is 27.8 Å². The van der Waals surface area contributed by atoms with Gasteiger partial charge in [0.1, 0.15) is 5.82 Å². The van der Waals surface area contributed by atoms with Gasteiger partial charge in [0.15, 0.2) is 11.5 Å². The molecule has 1 aromatic heterocycles. The minimum absolute atomic E-state index is 0.0911. The van der Waals surface area contributed by atoms with Crippen molar-refractivity contribution < 1.29 is 14.3 Å². The zero-order valence-electron chi connectivity index (χ0n) is 16.1. The molecule has 6 heteroatoms. The predicted molar refractivity (Wildman–Crippen MR) is 111 cm³/mol. The van der Waals surface area contributed by atoms with Crippen LogP contribution in [0.2, 0.25) is 0 Å². The topological polar surface area (TPSA) is 72.5 Å². The number of nitrogens with one attached hydrogen (secondary N) is 2. The first-order valence-electron chi connectivity index (χ1n) is 9.68. The number of hydrogen-bond donors (Lipinski definition) is 2. The third-order valence-electron chi connectivity index (χ3n) is 4.70. The van der Waals surface area contributed by atoms with Gasteiger partial charge in [-0.2, -0.15) is 0 Å². The highest BCUT2D eigenvalue weighted by atomic mass is 16.7. The molecule has 0 radical (unpaired) electrons. The second-order valence-electron chi connectivity index (χ2n) is 6.82. The molecule has 0 atom stereocenters. The van der Waals surface area contributed by atoms with Crippen LogP contribution in [0.3, 0.4) is 0 Å². The number of carbonyl (C=O) groups excluding carboxylic acids is 1. The first-order chi connectivity index (χ1) is 14.3. The van der Waals surface area contributed by atoms with Crippen molar-refractivity contribution >= 4 is 11.7 Å². The summed E-state index contributed by atoms with van der Waals surface area (Å²) in [6, 6.07) is 19.6.